The van der Waals surface area contributed by atoms with Gasteiger partial charge in [0.05, 0.1) is 0 Å². The minimum Gasteiger partial charge on any atom is -0.462 e. The maximum absolute atomic E-state index is 12.9. The predicted molar refractivity (Wildman–Crippen MR) is 343 cm³/mol. The third-order valence-corrected chi connectivity index (χ3v) is 13.0. The molecule has 0 saturated heterocycles. The van der Waals surface area contributed by atoms with Crippen molar-refractivity contribution in [3.05, 3.63) is 158 Å². The number of esters is 3. The first-order chi connectivity index (χ1) is 39.0. The monoisotopic (exact) mass is 1090 g/mol. The topological polar surface area (TPSA) is 78.9 Å². The van der Waals surface area contributed by atoms with Crippen LogP contribution in [-0.2, 0) is 28.6 Å². The molecule has 0 rings (SSSR count). The van der Waals surface area contributed by atoms with E-state index >= 15 is 0 Å². The van der Waals surface area contributed by atoms with Gasteiger partial charge in [-0.3, -0.25) is 14.4 Å². The molecule has 0 aliphatic rings. The highest BCUT2D eigenvalue weighted by molar-refractivity contribution is 5.71. The Hall–Kier alpha value is -4.97. The lowest BCUT2D eigenvalue weighted by atomic mass is 10.0. The third kappa shape index (κ3) is 63.7. The molecule has 0 bridgehead atoms. The van der Waals surface area contributed by atoms with Gasteiger partial charge in [-0.25, -0.2) is 0 Å². The van der Waals surface area contributed by atoms with Crippen LogP contribution in [0.25, 0.3) is 0 Å². The second-order valence-corrected chi connectivity index (χ2v) is 20.5. The maximum Gasteiger partial charge on any atom is 0.306 e. The molecule has 0 aliphatic carbocycles. The number of unbranched alkanes of at least 4 members (excludes halogenated alkanes) is 19. The van der Waals surface area contributed by atoms with Crippen LogP contribution in [-0.4, -0.2) is 37.2 Å². The van der Waals surface area contributed by atoms with E-state index < -0.39 is 6.10 Å². The Kier molecular flexibility index (Phi) is 61.4. The summed E-state index contributed by atoms with van der Waals surface area (Å²) in [5.41, 5.74) is 0. The molecule has 0 radical (unpaired) electrons. The molecule has 0 heterocycles. The van der Waals surface area contributed by atoms with Crippen molar-refractivity contribution >= 4 is 17.9 Å². The first-order valence-electron chi connectivity index (χ1n) is 32.0. The minimum absolute atomic E-state index is 0.119. The molecule has 0 aromatic heterocycles. The van der Waals surface area contributed by atoms with Crippen LogP contribution in [0.4, 0.5) is 0 Å². The third-order valence-electron chi connectivity index (χ3n) is 13.0. The Morgan fingerprint density at radius 2 is 0.468 bits per heavy atom. The van der Waals surface area contributed by atoms with Crippen LogP contribution in [0.3, 0.4) is 0 Å². The van der Waals surface area contributed by atoms with Gasteiger partial charge in [0.15, 0.2) is 6.10 Å². The molecule has 0 fully saturated rings. The van der Waals surface area contributed by atoms with Gasteiger partial charge < -0.3 is 14.2 Å². The van der Waals surface area contributed by atoms with Crippen molar-refractivity contribution in [2.24, 2.45) is 0 Å². The Morgan fingerprint density at radius 3 is 0.772 bits per heavy atom. The first-order valence-corrected chi connectivity index (χ1v) is 32.0. The Labute approximate surface area is 486 Å². The number of hydrogen-bond acceptors (Lipinski definition) is 6. The number of rotatable bonds is 56. The molecular formula is C73H116O6. The van der Waals surface area contributed by atoms with Gasteiger partial charge in [-0.05, 0) is 135 Å². The molecule has 0 saturated carbocycles. The van der Waals surface area contributed by atoms with Crippen LogP contribution < -0.4 is 0 Å². The van der Waals surface area contributed by atoms with E-state index in [4.69, 9.17) is 14.2 Å². The maximum atomic E-state index is 12.9. The van der Waals surface area contributed by atoms with Crippen molar-refractivity contribution in [1.29, 1.82) is 0 Å². The highest BCUT2D eigenvalue weighted by atomic mass is 16.6. The molecule has 1 unspecified atom stereocenters. The molecule has 6 heteroatoms. The summed E-state index contributed by atoms with van der Waals surface area (Å²) in [6, 6.07) is 0. The SMILES string of the molecule is CC/C=C\C/C=C\C/C=C\C/C=C\C/C=C\CCCC(=O)OC(COC(=O)CCCC/C=C\C/C=C\C/C=C\C/C=C\CC)COC(=O)CCCCCCCCCCCCCCCCCC/C=C\C/C=C\C/C=C\C/C=C\CC. The normalized spacial score (nSPS) is 13.2. The summed E-state index contributed by atoms with van der Waals surface area (Å²) in [4.78, 5) is 38.3. The number of hydrogen-bond donors (Lipinski definition) is 0. The average Bonchev–Trinajstić information content (AvgIpc) is 3.45. The number of allylic oxidation sites excluding steroid dienone is 26. The zero-order valence-corrected chi connectivity index (χ0v) is 50.8. The molecule has 79 heavy (non-hydrogen) atoms. The molecule has 0 N–H and O–H groups in total. The fourth-order valence-electron chi connectivity index (χ4n) is 8.34. The molecule has 0 aromatic carbocycles. The molecule has 0 aliphatic heterocycles. The number of ether oxygens (including phenoxy) is 3. The highest BCUT2D eigenvalue weighted by Crippen LogP contribution is 2.16. The molecule has 1 atom stereocenters. The van der Waals surface area contributed by atoms with E-state index in [1.54, 1.807) is 0 Å². The van der Waals surface area contributed by atoms with Gasteiger partial charge in [0.25, 0.3) is 0 Å². The zero-order valence-electron chi connectivity index (χ0n) is 50.8. The van der Waals surface area contributed by atoms with Crippen LogP contribution in [0.15, 0.2) is 158 Å². The standard InChI is InChI=1S/C73H116O6/c1-4-7-10-13-16-19-22-25-28-30-31-32-33-34-35-36-37-38-39-40-41-43-45-48-51-54-57-60-63-66-72(75)78-69-70(68-77-71(74)65-62-59-56-53-50-47-44-27-24-21-18-15-12-9-6-3)79-73(76)67-64-61-58-55-52-49-46-42-29-26-23-20-17-14-11-8-5-2/h7-12,16-21,25-29,31-32,44,46,49-50,53,55,58,70H,4-6,13-15,22-24,30,33-43,45,47-48,51-52,54,56-57,59-69H2,1-3H3/b10-7-,11-8-,12-9-,19-16-,20-17-,21-18-,28-25-,29-26-,32-31-,44-27-,49-46-,53-50-,58-55-. The summed E-state index contributed by atoms with van der Waals surface area (Å²) < 4.78 is 16.8. The smallest absolute Gasteiger partial charge is 0.306 e. The molecule has 0 aromatic rings. The van der Waals surface area contributed by atoms with Crippen LogP contribution in [0.1, 0.15) is 265 Å². The second-order valence-electron chi connectivity index (χ2n) is 20.5. The van der Waals surface area contributed by atoms with Crippen molar-refractivity contribution in [3.63, 3.8) is 0 Å². The van der Waals surface area contributed by atoms with E-state index in [0.717, 1.165) is 122 Å². The van der Waals surface area contributed by atoms with Crippen molar-refractivity contribution in [3.8, 4) is 0 Å². The van der Waals surface area contributed by atoms with Crippen LogP contribution >= 0.6 is 0 Å². The minimum atomic E-state index is -0.832. The fraction of sp³-hybridized carbons (Fsp3) is 0.603. The molecular weight excluding hydrogens is 973 g/mol. The summed E-state index contributed by atoms with van der Waals surface area (Å²) >= 11 is 0. The molecule has 6 nitrogen and oxygen atoms in total. The summed E-state index contributed by atoms with van der Waals surface area (Å²) in [6.07, 6.45) is 95.6. The quantitative estimate of drug-likeness (QED) is 0.0261. The van der Waals surface area contributed by atoms with E-state index in [1.165, 1.54) is 89.9 Å². The van der Waals surface area contributed by atoms with Crippen molar-refractivity contribution < 1.29 is 28.6 Å². The van der Waals surface area contributed by atoms with E-state index in [0.29, 0.717) is 19.3 Å². The Balaban J connectivity index is 4.37. The lowest BCUT2D eigenvalue weighted by molar-refractivity contribution is -0.167. The fourth-order valence-corrected chi connectivity index (χ4v) is 8.34. The van der Waals surface area contributed by atoms with Gasteiger partial charge >= 0.3 is 17.9 Å². The van der Waals surface area contributed by atoms with Crippen LogP contribution in [0.5, 0.6) is 0 Å². The Morgan fingerprint density at radius 1 is 0.253 bits per heavy atom. The lowest BCUT2D eigenvalue weighted by Crippen LogP contribution is -2.30. The molecule has 0 spiro atoms. The average molecular weight is 1090 g/mol. The van der Waals surface area contributed by atoms with Crippen LogP contribution in [0, 0.1) is 0 Å². The summed E-state index contributed by atoms with van der Waals surface area (Å²) in [6.45, 7) is 6.22. The largest absolute Gasteiger partial charge is 0.462 e. The molecule has 444 valence electrons. The van der Waals surface area contributed by atoms with E-state index in [9.17, 15) is 14.4 Å². The van der Waals surface area contributed by atoms with Gasteiger partial charge in [-0.2, -0.15) is 0 Å². The predicted octanol–water partition coefficient (Wildman–Crippen LogP) is 22.1. The number of carbonyl (C=O) groups is 3. The van der Waals surface area contributed by atoms with Gasteiger partial charge in [0.2, 0.25) is 0 Å². The summed E-state index contributed by atoms with van der Waals surface area (Å²) in [7, 11) is 0. The van der Waals surface area contributed by atoms with Gasteiger partial charge in [-0.1, -0.05) is 269 Å². The van der Waals surface area contributed by atoms with Crippen LogP contribution in [0.2, 0.25) is 0 Å². The first kappa shape index (κ1) is 74.0. The number of carbonyl (C=O) groups excluding carboxylic acids is 3. The van der Waals surface area contributed by atoms with Gasteiger partial charge in [0.1, 0.15) is 13.2 Å². The van der Waals surface area contributed by atoms with Crippen molar-refractivity contribution in [2.75, 3.05) is 13.2 Å². The van der Waals surface area contributed by atoms with Gasteiger partial charge in [0, 0.05) is 19.3 Å². The molecule has 0 amide bonds. The van der Waals surface area contributed by atoms with Crippen molar-refractivity contribution in [1.82, 2.24) is 0 Å². The zero-order chi connectivity index (χ0) is 57.1. The van der Waals surface area contributed by atoms with Crippen molar-refractivity contribution in [2.45, 2.75) is 271 Å². The van der Waals surface area contributed by atoms with E-state index in [2.05, 4.69) is 179 Å². The van der Waals surface area contributed by atoms with E-state index in [-0.39, 0.29) is 44.0 Å². The highest BCUT2D eigenvalue weighted by Gasteiger charge is 2.19. The second kappa shape index (κ2) is 65.5. The Bertz CT molecular complexity index is 1780. The van der Waals surface area contributed by atoms with Gasteiger partial charge in [-0.15, -0.1) is 0 Å². The summed E-state index contributed by atoms with van der Waals surface area (Å²) in [5.74, 6) is -1.02. The lowest BCUT2D eigenvalue weighted by Gasteiger charge is -2.18. The summed E-state index contributed by atoms with van der Waals surface area (Å²) in [5, 5.41) is 0. The van der Waals surface area contributed by atoms with E-state index in [1.807, 2.05) is 0 Å².